The number of aryl methyl sites for hydroxylation is 1. The van der Waals surface area contributed by atoms with Crippen molar-refractivity contribution < 1.29 is 14.0 Å². The van der Waals surface area contributed by atoms with Crippen LogP contribution in [0.1, 0.15) is 22.6 Å². The standard InChI is InChI=1S/C24H22N4O3/c1-17-11-13-19(14-12-17)24-27-26-22(31-24)16-30-28-23(25)20-9-5-6-10-21(20)29-15-18-7-3-2-4-8-18/h2-14H,15-16H2,1H3,(H2,25,28). The smallest absolute Gasteiger partial charge is 0.257 e. The molecule has 1 aromatic heterocycles. The van der Waals surface area contributed by atoms with E-state index in [1.807, 2.05) is 85.8 Å². The molecule has 7 nitrogen and oxygen atoms in total. The van der Waals surface area contributed by atoms with Gasteiger partial charge in [0.15, 0.2) is 12.4 Å². The molecule has 0 aliphatic carbocycles. The minimum Gasteiger partial charge on any atom is -0.488 e. The van der Waals surface area contributed by atoms with Crippen molar-refractivity contribution in [1.29, 1.82) is 0 Å². The van der Waals surface area contributed by atoms with Crippen LogP contribution < -0.4 is 10.5 Å². The second-order valence-corrected chi connectivity index (χ2v) is 6.89. The zero-order valence-corrected chi connectivity index (χ0v) is 17.1. The molecule has 0 aliphatic rings. The Bertz CT molecular complexity index is 1150. The number of ether oxygens (including phenoxy) is 1. The van der Waals surface area contributed by atoms with Gasteiger partial charge < -0.3 is 19.7 Å². The summed E-state index contributed by atoms with van der Waals surface area (Å²) in [4.78, 5) is 5.33. The van der Waals surface area contributed by atoms with E-state index in [1.54, 1.807) is 0 Å². The lowest BCUT2D eigenvalue weighted by Gasteiger charge is -2.11. The molecule has 7 heteroatoms. The highest BCUT2D eigenvalue weighted by atomic mass is 16.6. The predicted molar refractivity (Wildman–Crippen MR) is 117 cm³/mol. The summed E-state index contributed by atoms with van der Waals surface area (Å²) < 4.78 is 11.5. The predicted octanol–water partition coefficient (Wildman–Crippen LogP) is 4.46. The first-order valence-electron chi connectivity index (χ1n) is 9.80. The molecule has 0 saturated heterocycles. The molecule has 0 spiro atoms. The average Bonchev–Trinajstić information content (AvgIpc) is 3.28. The Morgan fingerprint density at radius 1 is 0.903 bits per heavy atom. The van der Waals surface area contributed by atoms with Crippen LogP contribution in [0, 0.1) is 6.92 Å². The number of rotatable bonds is 8. The molecular formula is C24H22N4O3. The van der Waals surface area contributed by atoms with Crippen LogP contribution in [0.4, 0.5) is 0 Å². The molecule has 3 aromatic carbocycles. The van der Waals surface area contributed by atoms with Crippen molar-refractivity contribution in [2.24, 2.45) is 10.9 Å². The summed E-state index contributed by atoms with van der Waals surface area (Å²) in [7, 11) is 0. The van der Waals surface area contributed by atoms with Crippen molar-refractivity contribution in [1.82, 2.24) is 10.2 Å². The maximum absolute atomic E-state index is 6.12. The van der Waals surface area contributed by atoms with Gasteiger partial charge in [0.25, 0.3) is 5.89 Å². The molecule has 0 radical (unpaired) electrons. The van der Waals surface area contributed by atoms with E-state index in [4.69, 9.17) is 19.7 Å². The lowest BCUT2D eigenvalue weighted by molar-refractivity contribution is 0.111. The largest absolute Gasteiger partial charge is 0.488 e. The number of para-hydroxylation sites is 1. The third-order valence-electron chi connectivity index (χ3n) is 4.52. The zero-order chi connectivity index (χ0) is 21.5. The summed E-state index contributed by atoms with van der Waals surface area (Å²) in [6, 6.07) is 25.1. The monoisotopic (exact) mass is 414 g/mol. The summed E-state index contributed by atoms with van der Waals surface area (Å²) in [5, 5.41) is 12.0. The van der Waals surface area contributed by atoms with Gasteiger partial charge in [-0.2, -0.15) is 0 Å². The first-order valence-corrected chi connectivity index (χ1v) is 9.80. The van der Waals surface area contributed by atoms with Gasteiger partial charge in [0.1, 0.15) is 12.4 Å². The van der Waals surface area contributed by atoms with Gasteiger partial charge in [-0.05, 0) is 36.8 Å². The SMILES string of the molecule is Cc1ccc(-c2nnc(CO/N=C(\N)c3ccccc3OCc3ccccc3)o2)cc1. The molecule has 0 fully saturated rings. The molecule has 0 atom stereocenters. The van der Waals surface area contributed by atoms with Gasteiger partial charge in [-0.25, -0.2) is 0 Å². The van der Waals surface area contributed by atoms with E-state index in [0.717, 1.165) is 16.7 Å². The number of nitrogens with zero attached hydrogens (tertiary/aromatic N) is 3. The van der Waals surface area contributed by atoms with Crippen LogP contribution in [0.5, 0.6) is 5.75 Å². The van der Waals surface area contributed by atoms with Crippen molar-refractivity contribution in [2.45, 2.75) is 20.1 Å². The molecule has 0 saturated carbocycles. The maximum atomic E-state index is 6.12. The van der Waals surface area contributed by atoms with E-state index >= 15 is 0 Å². The zero-order valence-electron chi connectivity index (χ0n) is 17.1. The van der Waals surface area contributed by atoms with Crippen molar-refractivity contribution in [2.75, 3.05) is 0 Å². The van der Waals surface area contributed by atoms with Gasteiger partial charge in [-0.1, -0.05) is 65.3 Å². The molecule has 156 valence electrons. The van der Waals surface area contributed by atoms with Crippen LogP contribution in [-0.2, 0) is 18.1 Å². The average molecular weight is 414 g/mol. The molecule has 4 aromatic rings. The lowest BCUT2D eigenvalue weighted by Crippen LogP contribution is -2.15. The van der Waals surface area contributed by atoms with Crippen LogP contribution in [0.2, 0.25) is 0 Å². The second-order valence-electron chi connectivity index (χ2n) is 6.89. The van der Waals surface area contributed by atoms with E-state index in [-0.39, 0.29) is 12.4 Å². The summed E-state index contributed by atoms with van der Waals surface area (Å²) >= 11 is 0. The number of oxime groups is 1. The first kappa shape index (κ1) is 20.2. The van der Waals surface area contributed by atoms with Gasteiger partial charge >= 0.3 is 0 Å². The summed E-state index contributed by atoms with van der Waals surface area (Å²) in [6.07, 6.45) is 0. The van der Waals surface area contributed by atoms with E-state index in [1.165, 1.54) is 0 Å². The number of amidine groups is 1. The molecule has 1 heterocycles. The molecular weight excluding hydrogens is 392 g/mol. The molecule has 0 amide bonds. The molecule has 2 N–H and O–H groups in total. The fourth-order valence-corrected chi connectivity index (χ4v) is 2.87. The highest BCUT2D eigenvalue weighted by molar-refractivity contribution is 5.99. The quantitative estimate of drug-likeness (QED) is 0.260. The first-order chi connectivity index (χ1) is 15.2. The third kappa shape index (κ3) is 5.27. The molecule has 4 rings (SSSR count). The summed E-state index contributed by atoms with van der Waals surface area (Å²) in [5.41, 5.74) is 9.82. The normalized spacial score (nSPS) is 11.3. The van der Waals surface area contributed by atoms with E-state index < -0.39 is 0 Å². The molecule has 0 unspecified atom stereocenters. The number of hydrogen-bond donors (Lipinski definition) is 1. The van der Waals surface area contributed by atoms with Crippen molar-refractivity contribution >= 4 is 5.84 Å². The molecule has 0 aliphatic heterocycles. The van der Waals surface area contributed by atoms with Crippen molar-refractivity contribution in [3.8, 4) is 17.2 Å². The Kier molecular flexibility index (Phi) is 6.23. The second kappa shape index (κ2) is 9.58. The number of aromatic nitrogens is 2. The van der Waals surface area contributed by atoms with Gasteiger partial charge in [0.2, 0.25) is 5.89 Å². The Morgan fingerprint density at radius 3 is 2.45 bits per heavy atom. The summed E-state index contributed by atoms with van der Waals surface area (Å²) in [6.45, 7) is 2.45. The number of hydrogen-bond acceptors (Lipinski definition) is 6. The fraction of sp³-hybridized carbons (Fsp3) is 0.125. The van der Waals surface area contributed by atoms with Crippen molar-refractivity contribution in [3.63, 3.8) is 0 Å². The van der Waals surface area contributed by atoms with Gasteiger partial charge in [0.05, 0.1) is 5.56 Å². The van der Waals surface area contributed by atoms with Crippen LogP contribution >= 0.6 is 0 Å². The Labute approximate surface area is 180 Å². The van der Waals surface area contributed by atoms with Gasteiger partial charge in [-0.15, -0.1) is 10.2 Å². The minimum atomic E-state index is 0.00655. The number of benzene rings is 3. The third-order valence-corrected chi connectivity index (χ3v) is 4.52. The van der Waals surface area contributed by atoms with Crippen molar-refractivity contribution in [3.05, 3.63) is 101 Å². The van der Waals surface area contributed by atoms with Crippen LogP contribution in [0.25, 0.3) is 11.5 Å². The van der Waals surface area contributed by atoms with Gasteiger partial charge in [0, 0.05) is 5.56 Å². The van der Waals surface area contributed by atoms with E-state index in [2.05, 4.69) is 15.4 Å². The van der Waals surface area contributed by atoms with Crippen LogP contribution in [0.15, 0.2) is 88.4 Å². The van der Waals surface area contributed by atoms with Crippen LogP contribution in [-0.4, -0.2) is 16.0 Å². The lowest BCUT2D eigenvalue weighted by atomic mass is 10.1. The van der Waals surface area contributed by atoms with Crippen LogP contribution in [0.3, 0.4) is 0 Å². The Morgan fingerprint density at radius 2 is 1.65 bits per heavy atom. The molecule has 31 heavy (non-hydrogen) atoms. The van der Waals surface area contributed by atoms with Gasteiger partial charge in [-0.3, -0.25) is 0 Å². The maximum Gasteiger partial charge on any atom is 0.257 e. The highest BCUT2D eigenvalue weighted by Gasteiger charge is 2.11. The fourth-order valence-electron chi connectivity index (χ4n) is 2.87. The highest BCUT2D eigenvalue weighted by Crippen LogP contribution is 2.20. The Balaban J connectivity index is 1.38. The number of nitrogens with two attached hydrogens (primary N) is 1. The molecule has 0 bridgehead atoms. The minimum absolute atomic E-state index is 0.00655. The van der Waals surface area contributed by atoms with E-state index in [9.17, 15) is 0 Å². The topological polar surface area (TPSA) is 95.8 Å². The Hall–Kier alpha value is -4.13. The summed E-state index contributed by atoms with van der Waals surface area (Å²) in [5.74, 6) is 1.55. The van der Waals surface area contributed by atoms with E-state index in [0.29, 0.717) is 29.7 Å².